The molecule has 1 unspecified atom stereocenters. The number of carbonyl (C=O) groups is 1. The molecule has 1 N–H and O–H groups in total. The first-order chi connectivity index (χ1) is 16.2. The summed E-state index contributed by atoms with van der Waals surface area (Å²) >= 11 is 0. The monoisotopic (exact) mass is 481 g/mol. The molecule has 3 aromatic carbocycles. The molecule has 0 aliphatic carbocycles. The van der Waals surface area contributed by atoms with Crippen molar-refractivity contribution in [2.75, 3.05) is 23.0 Å². The molecule has 0 spiro atoms. The second-order valence-corrected chi connectivity index (χ2v) is 10.1. The number of nitrogens with one attached hydrogen (secondary N) is 1. The van der Waals surface area contributed by atoms with Crippen molar-refractivity contribution in [3.05, 3.63) is 77.9 Å². The van der Waals surface area contributed by atoms with E-state index in [-0.39, 0.29) is 22.1 Å². The van der Waals surface area contributed by atoms with E-state index in [9.17, 15) is 17.6 Å². The number of anilines is 2. The van der Waals surface area contributed by atoms with E-state index in [1.165, 1.54) is 35.2 Å². The van der Waals surface area contributed by atoms with Crippen LogP contribution in [-0.2, 0) is 14.6 Å². The van der Waals surface area contributed by atoms with Crippen molar-refractivity contribution in [3.63, 3.8) is 0 Å². The Bertz CT molecular complexity index is 1420. The molecule has 1 fully saturated rings. The van der Waals surface area contributed by atoms with Crippen LogP contribution in [0.5, 0.6) is 0 Å². The van der Waals surface area contributed by atoms with E-state index < -0.39 is 27.5 Å². The van der Waals surface area contributed by atoms with Crippen LogP contribution < -0.4 is 10.2 Å². The van der Waals surface area contributed by atoms with Gasteiger partial charge in [0.05, 0.1) is 16.1 Å². The minimum atomic E-state index is -3.52. The maximum absolute atomic E-state index is 15.2. The van der Waals surface area contributed by atoms with Gasteiger partial charge in [0.25, 0.3) is 0 Å². The Morgan fingerprint density at radius 3 is 2.53 bits per heavy atom. The molecule has 1 heterocycles. The third-order valence-electron chi connectivity index (χ3n) is 5.70. The molecule has 34 heavy (non-hydrogen) atoms. The number of carbonyl (C=O) groups excluding carboxylic acids is 1. The van der Waals surface area contributed by atoms with Crippen molar-refractivity contribution in [3.8, 4) is 17.2 Å². The molecule has 0 aromatic heterocycles. The number of sulfone groups is 1. The van der Waals surface area contributed by atoms with Crippen LogP contribution in [0.3, 0.4) is 0 Å². The molecule has 1 aliphatic heterocycles. The average Bonchev–Trinajstić information content (AvgIpc) is 2.81. The second kappa shape index (κ2) is 9.23. The van der Waals surface area contributed by atoms with Gasteiger partial charge in [-0.25, -0.2) is 17.2 Å². The molecule has 1 atom stereocenters. The minimum absolute atomic E-state index is 0.0916. The van der Waals surface area contributed by atoms with Gasteiger partial charge in [-0.2, -0.15) is 5.26 Å². The first kappa shape index (κ1) is 23.4. The summed E-state index contributed by atoms with van der Waals surface area (Å²) in [5, 5.41) is 12.0. The molecule has 0 saturated carbocycles. The predicted octanol–water partition coefficient (Wildman–Crippen LogP) is 4.51. The number of halogens is 2. The van der Waals surface area contributed by atoms with Gasteiger partial charge in [0, 0.05) is 24.1 Å². The fourth-order valence-corrected chi connectivity index (χ4v) is 4.98. The van der Waals surface area contributed by atoms with Crippen LogP contribution in [0.2, 0.25) is 0 Å². The smallest absolute Gasteiger partial charge is 0.249 e. The quantitative estimate of drug-likeness (QED) is 0.579. The normalized spacial score (nSPS) is 16.2. The van der Waals surface area contributed by atoms with Crippen LogP contribution in [0.1, 0.15) is 18.4 Å². The van der Waals surface area contributed by atoms with Crippen molar-refractivity contribution >= 4 is 27.1 Å². The Balaban J connectivity index is 1.61. The Hall–Kier alpha value is -3.77. The van der Waals surface area contributed by atoms with Crippen LogP contribution in [0, 0.1) is 23.0 Å². The topological polar surface area (TPSA) is 90.3 Å². The molecule has 9 heteroatoms. The molecule has 6 nitrogen and oxygen atoms in total. The van der Waals surface area contributed by atoms with Crippen LogP contribution in [0.4, 0.5) is 20.2 Å². The molecule has 174 valence electrons. The first-order valence-corrected chi connectivity index (χ1v) is 12.4. The summed E-state index contributed by atoms with van der Waals surface area (Å²) in [6.07, 6.45) is 2.20. The second-order valence-electron chi connectivity index (χ2n) is 8.07. The van der Waals surface area contributed by atoms with Gasteiger partial charge in [0.2, 0.25) is 5.91 Å². The molecular formula is C25H21F2N3O3S. The van der Waals surface area contributed by atoms with Gasteiger partial charge in [0.15, 0.2) is 9.84 Å². The van der Waals surface area contributed by atoms with Gasteiger partial charge in [-0.05, 0) is 54.8 Å². The lowest BCUT2D eigenvalue weighted by atomic mass is 10.0. The molecule has 1 aliphatic rings. The average molecular weight is 482 g/mol. The summed E-state index contributed by atoms with van der Waals surface area (Å²) in [6.45, 7) is 0.320. The zero-order valence-corrected chi connectivity index (χ0v) is 19.1. The van der Waals surface area contributed by atoms with E-state index in [4.69, 9.17) is 5.26 Å². The standard InChI is InChI=1S/C25H21F2N3O3S/c1-34(32,33)24-7-3-2-5-19(24)16-8-11-23(21(27)14-16)30-12-4-6-22(25(30)31)29-18-9-10-20(26)17(13-18)15-28/h2-3,5,7-11,13-14,22,29H,4,6,12H2,1H3. The van der Waals surface area contributed by atoms with Crippen LogP contribution >= 0.6 is 0 Å². The zero-order valence-electron chi connectivity index (χ0n) is 18.3. The largest absolute Gasteiger partial charge is 0.374 e. The van der Waals surface area contributed by atoms with Gasteiger partial charge in [-0.15, -0.1) is 0 Å². The van der Waals surface area contributed by atoms with Crippen LogP contribution in [0.25, 0.3) is 11.1 Å². The van der Waals surface area contributed by atoms with Gasteiger partial charge in [-0.3, -0.25) is 4.79 Å². The SMILES string of the molecule is CS(=O)(=O)c1ccccc1-c1ccc(N2CCCC(Nc3ccc(F)c(C#N)c3)C2=O)c(F)c1. The van der Waals surface area contributed by atoms with E-state index >= 15 is 4.39 Å². The Morgan fingerprint density at radius 2 is 1.82 bits per heavy atom. The van der Waals surface area contributed by atoms with E-state index in [1.54, 1.807) is 30.3 Å². The van der Waals surface area contributed by atoms with Gasteiger partial charge < -0.3 is 10.2 Å². The fraction of sp³-hybridized carbons (Fsp3) is 0.200. The molecular weight excluding hydrogens is 460 g/mol. The lowest BCUT2D eigenvalue weighted by Gasteiger charge is -2.33. The zero-order chi connectivity index (χ0) is 24.5. The number of benzene rings is 3. The van der Waals surface area contributed by atoms with Gasteiger partial charge >= 0.3 is 0 Å². The summed E-state index contributed by atoms with van der Waals surface area (Å²) < 4.78 is 53.0. The van der Waals surface area contributed by atoms with Crippen molar-refractivity contribution < 1.29 is 22.0 Å². The molecule has 1 saturated heterocycles. The number of nitrogens with zero attached hydrogens (tertiary/aromatic N) is 2. The number of rotatable bonds is 5. The molecule has 0 radical (unpaired) electrons. The first-order valence-electron chi connectivity index (χ1n) is 10.6. The summed E-state index contributed by atoms with van der Waals surface area (Å²) in [7, 11) is -3.52. The highest BCUT2D eigenvalue weighted by Gasteiger charge is 2.31. The maximum atomic E-state index is 15.2. The number of piperidine rings is 1. The molecule has 0 bridgehead atoms. The summed E-state index contributed by atoms with van der Waals surface area (Å²) in [4.78, 5) is 14.6. The van der Waals surface area contributed by atoms with Crippen molar-refractivity contribution in [1.29, 1.82) is 5.26 Å². The lowest BCUT2D eigenvalue weighted by molar-refractivity contribution is -0.120. The molecule has 1 amide bonds. The number of hydrogen-bond acceptors (Lipinski definition) is 5. The van der Waals surface area contributed by atoms with Gasteiger partial charge in [-0.1, -0.05) is 24.3 Å². The van der Waals surface area contributed by atoms with Gasteiger partial charge in [0.1, 0.15) is 23.7 Å². The van der Waals surface area contributed by atoms with Crippen molar-refractivity contribution in [1.82, 2.24) is 0 Å². The number of nitriles is 1. The minimum Gasteiger partial charge on any atom is -0.374 e. The van der Waals surface area contributed by atoms with Crippen molar-refractivity contribution in [2.24, 2.45) is 0 Å². The van der Waals surface area contributed by atoms with Crippen LogP contribution in [0.15, 0.2) is 65.6 Å². The summed E-state index contributed by atoms with van der Waals surface area (Å²) in [5.74, 6) is -1.65. The Kier molecular flexibility index (Phi) is 6.35. The van der Waals surface area contributed by atoms with E-state index in [1.807, 2.05) is 0 Å². The van der Waals surface area contributed by atoms with E-state index in [0.29, 0.717) is 36.2 Å². The highest BCUT2D eigenvalue weighted by atomic mass is 32.2. The number of amides is 1. The molecule has 3 aromatic rings. The number of hydrogen-bond donors (Lipinski definition) is 1. The maximum Gasteiger partial charge on any atom is 0.249 e. The predicted molar refractivity (Wildman–Crippen MR) is 125 cm³/mol. The Morgan fingerprint density at radius 1 is 1.06 bits per heavy atom. The Labute approximate surface area is 196 Å². The van der Waals surface area contributed by atoms with Crippen molar-refractivity contribution in [2.45, 2.75) is 23.8 Å². The van der Waals surface area contributed by atoms with E-state index in [2.05, 4.69) is 5.32 Å². The third kappa shape index (κ3) is 4.63. The molecule has 4 rings (SSSR count). The summed E-state index contributed by atoms with van der Waals surface area (Å²) in [5.41, 5.74) is 1.14. The van der Waals surface area contributed by atoms with Crippen LogP contribution in [-0.4, -0.2) is 33.2 Å². The third-order valence-corrected chi connectivity index (χ3v) is 6.86. The highest BCUT2D eigenvalue weighted by molar-refractivity contribution is 7.90. The highest BCUT2D eigenvalue weighted by Crippen LogP contribution is 2.32. The summed E-state index contributed by atoms with van der Waals surface area (Å²) in [6, 6.07) is 15.6. The van der Waals surface area contributed by atoms with E-state index in [0.717, 1.165) is 12.3 Å². The fourth-order valence-electron chi connectivity index (χ4n) is 4.07. The lowest BCUT2D eigenvalue weighted by Crippen LogP contribution is -2.48.